The van der Waals surface area contributed by atoms with E-state index in [1.165, 1.54) is 0 Å². The van der Waals surface area contributed by atoms with Crippen LogP contribution in [0.15, 0.2) is 30.5 Å². The molecule has 2 aromatic rings. The van der Waals surface area contributed by atoms with Gasteiger partial charge in [-0.3, -0.25) is 4.79 Å². The molecule has 0 aliphatic carbocycles. The number of hydrogen-bond acceptors (Lipinski definition) is 2. The lowest BCUT2D eigenvalue weighted by Crippen LogP contribution is -2.19. The molecule has 0 saturated carbocycles. The molecule has 0 saturated heterocycles. The lowest BCUT2D eigenvalue weighted by molar-refractivity contribution is -0.136. The van der Waals surface area contributed by atoms with Crippen LogP contribution in [0.25, 0.3) is 10.9 Å². The van der Waals surface area contributed by atoms with Gasteiger partial charge in [0.1, 0.15) is 11.1 Å². The highest BCUT2D eigenvalue weighted by atomic mass is 35.5. The van der Waals surface area contributed by atoms with Crippen LogP contribution in [-0.4, -0.2) is 28.1 Å². The third kappa shape index (κ3) is 2.36. The quantitative estimate of drug-likeness (QED) is 0.851. The largest absolute Gasteiger partial charge is 0.497 e. The molecule has 17 heavy (non-hydrogen) atoms. The van der Waals surface area contributed by atoms with E-state index in [4.69, 9.17) is 21.4 Å². The highest BCUT2D eigenvalue weighted by molar-refractivity contribution is 6.29. The number of benzene rings is 1. The zero-order valence-electron chi connectivity index (χ0n) is 9.26. The van der Waals surface area contributed by atoms with Gasteiger partial charge in [0.15, 0.2) is 0 Å². The van der Waals surface area contributed by atoms with Crippen molar-refractivity contribution in [3.05, 3.63) is 30.5 Å². The van der Waals surface area contributed by atoms with Crippen LogP contribution in [0.5, 0.6) is 5.75 Å². The number of methoxy groups -OCH3 is 1. The number of ether oxygens (including phenoxy) is 1. The van der Waals surface area contributed by atoms with Gasteiger partial charge in [-0.15, -0.1) is 11.6 Å². The van der Waals surface area contributed by atoms with Crippen LogP contribution in [0.1, 0.15) is 0 Å². The second-order valence-electron chi connectivity index (χ2n) is 3.70. The number of halogens is 1. The molecule has 1 heterocycles. The Morgan fingerprint density at radius 3 is 2.94 bits per heavy atom. The number of nitrogens with zero attached hydrogens (tertiary/aromatic N) is 1. The fourth-order valence-corrected chi connectivity index (χ4v) is 1.86. The number of fused-ring (bicyclic) bond motifs is 1. The lowest BCUT2D eigenvalue weighted by atomic mass is 10.2. The smallest absolute Gasteiger partial charge is 0.323 e. The van der Waals surface area contributed by atoms with E-state index in [0.717, 1.165) is 16.7 Å². The van der Waals surface area contributed by atoms with Gasteiger partial charge < -0.3 is 14.4 Å². The molecule has 0 fully saturated rings. The average molecular weight is 254 g/mol. The number of aliphatic carboxylic acids is 1. The molecule has 2 rings (SSSR count). The summed E-state index contributed by atoms with van der Waals surface area (Å²) < 4.78 is 6.94. The minimum atomic E-state index is -1.01. The van der Waals surface area contributed by atoms with Crippen molar-refractivity contribution in [2.45, 2.75) is 11.9 Å². The molecule has 1 N–H and O–H groups in total. The summed E-state index contributed by atoms with van der Waals surface area (Å²) in [6.07, 6.45) is 1.82. The molecule has 0 aliphatic heterocycles. The summed E-state index contributed by atoms with van der Waals surface area (Å²) in [5.74, 6) is -0.238. The average Bonchev–Trinajstić information content (AvgIpc) is 2.71. The van der Waals surface area contributed by atoms with Crippen molar-refractivity contribution in [1.29, 1.82) is 0 Å². The zero-order chi connectivity index (χ0) is 12.4. The van der Waals surface area contributed by atoms with Crippen molar-refractivity contribution in [2.24, 2.45) is 0 Å². The topological polar surface area (TPSA) is 51.5 Å². The number of rotatable bonds is 4. The molecule has 1 atom stereocenters. The third-order valence-corrected chi connectivity index (χ3v) is 2.93. The number of alkyl halides is 1. The third-order valence-electron chi connectivity index (χ3n) is 2.60. The van der Waals surface area contributed by atoms with Crippen molar-refractivity contribution >= 4 is 28.5 Å². The minimum absolute atomic E-state index is 0.243. The standard InChI is InChI=1S/C12H12ClNO3/c1-17-9-2-3-11-8(6-9)4-5-14(11)7-10(13)12(15)16/h2-6,10H,7H2,1H3,(H,15,16). The highest BCUT2D eigenvalue weighted by Crippen LogP contribution is 2.22. The van der Waals surface area contributed by atoms with Gasteiger partial charge in [-0.1, -0.05) is 0 Å². The molecule has 90 valence electrons. The molecule has 5 heteroatoms. The maximum Gasteiger partial charge on any atom is 0.323 e. The van der Waals surface area contributed by atoms with Crippen LogP contribution in [0.2, 0.25) is 0 Å². The van der Waals surface area contributed by atoms with E-state index in [0.29, 0.717) is 0 Å². The summed E-state index contributed by atoms with van der Waals surface area (Å²) in [6, 6.07) is 7.53. The lowest BCUT2D eigenvalue weighted by Gasteiger charge is -2.08. The van der Waals surface area contributed by atoms with E-state index < -0.39 is 11.3 Å². The molecule has 1 unspecified atom stereocenters. The summed E-state index contributed by atoms with van der Waals surface area (Å²) in [5, 5.41) is 8.85. The van der Waals surface area contributed by atoms with Crippen molar-refractivity contribution in [3.63, 3.8) is 0 Å². The molecule has 0 bridgehead atoms. The fourth-order valence-electron chi connectivity index (χ4n) is 1.72. The van der Waals surface area contributed by atoms with E-state index in [9.17, 15) is 4.79 Å². The van der Waals surface area contributed by atoms with Crippen LogP contribution in [-0.2, 0) is 11.3 Å². The van der Waals surface area contributed by atoms with Gasteiger partial charge in [-0.2, -0.15) is 0 Å². The Bertz CT molecular complexity index is 550. The SMILES string of the molecule is COc1ccc2c(ccn2CC(Cl)C(=O)O)c1. The van der Waals surface area contributed by atoms with Crippen molar-refractivity contribution < 1.29 is 14.6 Å². The van der Waals surface area contributed by atoms with Gasteiger partial charge in [0.25, 0.3) is 0 Å². The predicted octanol–water partition coefficient (Wildman–Crippen LogP) is 2.34. The monoisotopic (exact) mass is 253 g/mol. The minimum Gasteiger partial charge on any atom is -0.497 e. The summed E-state index contributed by atoms with van der Waals surface area (Å²) in [4.78, 5) is 10.7. The summed E-state index contributed by atoms with van der Waals surface area (Å²) in [5.41, 5.74) is 0.942. The summed E-state index contributed by atoms with van der Waals surface area (Å²) in [7, 11) is 1.61. The maximum absolute atomic E-state index is 10.7. The molecular weight excluding hydrogens is 242 g/mol. The molecule has 0 radical (unpaired) electrons. The summed E-state index contributed by atoms with van der Waals surface area (Å²) in [6.45, 7) is 0.243. The van der Waals surface area contributed by atoms with Gasteiger partial charge in [0, 0.05) is 23.6 Å². The first-order chi connectivity index (χ1) is 8.11. The van der Waals surface area contributed by atoms with Crippen molar-refractivity contribution in [1.82, 2.24) is 4.57 Å². The van der Waals surface area contributed by atoms with Gasteiger partial charge in [0.05, 0.1) is 7.11 Å². The second kappa shape index (κ2) is 4.67. The van der Waals surface area contributed by atoms with Gasteiger partial charge in [-0.05, 0) is 24.3 Å². The van der Waals surface area contributed by atoms with Crippen LogP contribution in [0.3, 0.4) is 0 Å². The van der Waals surface area contributed by atoms with Crippen LogP contribution < -0.4 is 4.74 Å². The van der Waals surface area contributed by atoms with Crippen LogP contribution in [0.4, 0.5) is 0 Å². The Labute approximate surface area is 103 Å². The fraction of sp³-hybridized carbons (Fsp3) is 0.250. The Morgan fingerprint density at radius 1 is 1.53 bits per heavy atom. The van der Waals surface area contributed by atoms with E-state index in [1.807, 2.05) is 35.0 Å². The maximum atomic E-state index is 10.7. The van der Waals surface area contributed by atoms with Crippen LogP contribution >= 0.6 is 11.6 Å². The summed E-state index contributed by atoms with van der Waals surface area (Å²) >= 11 is 5.72. The number of carboxylic acids is 1. The van der Waals surface area contributed by atoms with Crippen LogP contribution in [0, 0.1) is 0 Å². The predicted molar refractivity (Wildman–Crippen MR) is 65.8 cm³/mol. The van der Waals surface area contributed by atoms with Gasteiger partial charge >= 0.3 is 5.97 Å². The van der Waals surface area contributed by atoms with E-state index in [2.05, 4.69) is 0 Å². The first-order valence-corrected chi connectivity index (χ1v) is 5.55. The zero-order valence-corrected chi connectivity index (χ0v) is 10.0. The number of carboxylic acid groups (broad SMARTS) is 1. The van der Waals surface area contributed by atoms with Gasteiger partial charge in [-0.25, -0.2) is 0 Å². The Morgan fingerprint density at radius 2 is 2.29 bits per heavy atom. The molecule has 0 amide bonds. The number of aromatic nitrogens is 1. The molecular formula is C12H12ClNO3. The van der Waals surface area contributed by atoms with Crippen molar-refractivity contribution in [3.8, 4) is 5.75 Å². The molecule has 0 spiro atoms. The van der Waals surface area contributed by atoms with E-state index in [-0.39, 0.29) is 6.54 Å². The normalized spacial score (nSPS) is 12.6. The molecule has 1 aromatic heterocycles. The Kier molecular flexibility index (Phi) is 3.24. The van der Waals surface area contributed by atoms with E-state index >= 15 is 0 Å². The number of carbonyl (C=O) groups is 1. The second-order valence-corrected chi connectivity index (χ2v) is 4.23. The Balaban J connectivity index is 2.33. The Hall–Kier alpha value is -1.68. The molecule has 1 aromatic carbocycles. The number of hydrogen-bond donors (Lipinski definition) is 1. The highest BCUT2D eigenvalue weighted by Gasteiger charge is 2.15. The first kappa shape index (κ1) is 11.8. The van der Waals surface area contributed by atoms with Gasteiger partial charge in [0.2, 0.25) is 0 Å². The van der Waals surface area contributed by atoms with E-state index in [1.54, 1.807) is 7.11 Å². The van der Waals surface area contributed by atoms with Crippen molar-refractivity contribution in [2.75, 3.05) is 7.11 Å². The molecule has 0 aliphatic rings. The first-order valence-electron chi connectivity index (χ1n) is 5.11. The molecule has 4 nitrogen and oxygen atoms in total.